The molecule has 0 amide bonds. The van der Waals surface area contributed by atoms with Crippen LogP contribution in [0.5, 0.6) is 5.75 Å². The lowest BCUT2D eigenvalue weighted by molar-refractivity contribution is 0.103. The highest BCUT2D eigenvalue weighted by atomic mass is 16.5. The van der Waals surface area contributed by atoms with Crippen molar-refractivity contribution in [2.75, 3.05) is 12.8 Å². The number of hydrogen-bond acceptors (Lipinski definition) is 3. The number of rotatable bonds is 3. The summed E-state index contributed by atoms with van der Waals surface area (Å²) in [6.45, 7) is 3.86. The summed E-state index contributed by atoms with van der Waals surface area (Å²) in [7, 11) is 1.56. The molecular weight excluding hydrogens is 238 g/mol. The van der Waals surface area contributed by atoms with E-state index in [-0.39, 0.29) is 5.78 Å². The number of nitrogen functional groups attached to an aromatic ring is 1. The van der Waals surface area contributed by atoms with Gasteiger partial charge in [-0.15, -0.1) is 0 Å². The third-order valence-electron chi connectivity index (χ3n) is 2.96. The zero-order chi connectivity index (χ0) is 14.0. The molecule has 3 nitrogen and oxygen atoms in total. The van der Waals surface area contributed by atoms with Crippen molar-refractivity contribution in [2.45, 2.75) is 13.8 Å². The number of nitrogens with two attached hydrogens (primary N) is 1. The van der Waals surface area contributed by atoms with Crippen LogP contribution < -0.4 is 10.5 Å². The van der Waals surface area contributed by atoms with Gasteiger partial charge in [-0.25, -0.2) is 0 Å². The van der Waals surface area contributed by atoms with Gasteiger partial charge in [0.15, 0.2) is 5.78 Å². The summed E-state index contributed by atoms with van der Waals surface area (Å²) in [6.07, 6.45) is 0. The number of aryl methyl sites for hydroxylation is 2. The normalized spacial score (nSPS) is 10.3. The van der Waals surface area contributed by atoms with Gasteiger partial charge in [-0.05, 0) is 49.7 Å². The Bertz CT molecular complexity index is 612. The molecule has 0 fully saturated rings. The summed E-state index contributed by atoms with van der Waals surface area (Å²) in [4.78, 5) is 12.5. The average Bonchev–Trinajstić information content (AvgIpc) is 2.36. The SMILES string of the molecule is COc1ccc(C)cc1C(=O)c1cc(C)cc(N)c1. The minimum absolute atomic E-state index is 0.0732. The van der Waals surface area contributed by atoms with E-state index < -0.39 is 0 Å². The maximum absolute atomic E-state index is 12.5. The van der Waals surface area contributed by atoms with E-state index >= 15 is 0 Å². The highest BCUT2D eigenvalue weighted by molar-refractivity contribution is 6.11. The van der Waals surface area contributed by atoms with Crippen LogP contribution in [-0.2, 0) is 0 Å². The predicted molar refractivity (Wildman–Crippen MR) is 76.8 cm³/mol. The van der Waals surface area contributed by atoms with Crippen molar-refractivity contribution in [3.8, 4) is 5.75 Å². The second-order valence-electron chi connectivity index (χ2n) is 4.67. The van der Waals surface area contributed by atoms with E-state index in [0.29, 0.717) is 22.6 Å². The van der Waals surface area contributed by atoms with Gasteiger partial charge in [0.2, 0.25) is 0 Å². The highest BCUT2D eigenvalue weighted by Gasteiger charge is 2.15. The Morgan fingerprint density at radius 1 is 1.05 bits per heavy atom. The number of anilines is 1. The topological polar surface area (TPSA) is 52.3 Å². The fourth-order valence-electron chi connectivity index (χ4n) is 2.10. The molecule has 98 valence electrons. The predicted octanol–water partition coefficient (Wildman–Crippen LogP) is 3.13. The van der Waals surface area contributed by atoms with E-state index in [4.69, 9.17) is 10.5 Å². The first-order valence-corrected chi connectivity index (χ1v) is 6.08. The fourth-order valence-corrected chi connectivity index (χ4v) is 2.10. The molecule has 0 aliphatic rings. The Morgan fingerprint density at radius 2 is 1.79 bits per heavy atom. The van der Waals surface area contributed by atoms with Crippen LogP contribution in [0.4, 0.5) is 5.69 Å². The Kier molecular flexibility index (Phi) is 3.56. The van der Waals surface area contributed by atoms with Crippen LogP contribution in [0.15, 0.2) is 36.4 Å². The minimum atomic E-state index is -0.0732. The van der Waals surface area contributed by atoms with Crippen molar-refractivity contribution >= 4 is 11.5 Å². The molecule has 19 heavy (non-hydrogen) atoms. The van der Waals surface area contributed by atoms with Gasteiger partial charge in [-0.1, -0.05) is 11.6 Å². The number of carbonyl (C=O) groups excluding carboxylic acids is 1. The standard InChI is InChI=1S/C16H17NO2/c1-10-4-5-15(19-3)14(8-10)16(18)12-6-11(2)7-13(17)9-12/h4-9H,17H2,1-3H3. The summed E-state index contributed by atoms with van der Waals surface area (Å²) < 4.78 is 5.25. The van der Waals surface area contributed by atoms with Crippen molar-refractivity contribution in [1.82, 2.24) is 0 Å². The van der Waals surface area contributed by atoms with Gasteiger partial charge in [0.05, 0.1) is 12.7 Å². The Labute approximate surface area is 113 Å². The summed E-state index contributed by atoms with van der Waals surface area (Å²) >= 11 is 0. The molecule has 0 aromatic heterocycles. The quantitative estimate of drug-likeness (QED) is 0.677. The van der Waals surface area contributed by atoms with Crippen LogP contribution in [0.2, 0.25) is 0 Å². The molecule has 0 saturated carbocycles. The van der Waals surface area contributed by atoms with E-state index in [2.05, 4.69) is 0 Å². The van der Waals surface area contributed by atoms with Crippen molar-refractivity contribution in [1.29, 1.82) is 0 Å². The minimum Gasteiger partial charge on any atom is -0.496 e. The molecule has 2 aromatic rings. The molecule has 2 aromatic carbocycles. The largest absolute Gasteiger partial charge is 0.496 e. The summed E-state index contributed by atoms with van der Waals surface area (Å²) in [5, 5.41) is 0. The Morgan fingerprint density at radius 3 is 2.42 bits per heavy atom. The lowest BCUT2D eigenvalue weighted by Gasteiger charge is -2.09. The zero-order valence-corrected chi connectivity index (χ0v) is 11.4. The molecule has 0 bridgehead atoms. The molecule has 3 heteroatoms. The molecular formula is C16H17NO2. The molecule has 0 radical (unpaired) electrons. The van der Waals surface area contributed by atoms with Gasteiger partial charge < -0.3 is 10.5 Å². The van der Waals surface area contributed by atoms with Crippen LogP contribution in [0.1, 0.15) is 27.0 Å². The lowest BCUT2D eigenvalue weighted by atomic mass is 9.99. The maximum atomic E-state index is 12.5. The van der Waals surface area contributed by atoms with Gasteiger partial charge >= 0.3 is 0 Å². The van der Waals surface area contributed by atoms with Crippen molar-refractivity contribution in [2.24, 2.45) is 0 Å². The van der Waals surface area contributed by atoms with Crippen LogP contribution in [0.3, 0.4) is 0 Å². The first kappa shape index (κ1) is 13.1. The fraction of sp³-hybridized carbons (Fsp3) is 0.188. The van der Waals surface area contributed by atoms with Crippen LogP contribution in [0.25, 0.3) is 0 Å². The highest BCUT2D eigenvalue weighted by Crippen LogP contribution is 2.24. The third-order valence-corrected chi connectivity index (χ3v) is 2.96. The van der Waals surface area contributed by atoms with Crippen molar-refractivity contribution in [3.63, 3.8) is 0 Å². The van der Waals surface area contributed by atoms with Crippen molar-refractivity contribution < 1.29 is 9.53 Å². The van der Waals surface area contributed by atoms with Crippen LogP contribution >= 0.6 is 0 Å². The average molecular weight is 255 g/mol. The molecule has 0 spiro atoms. The third kappa shape index (κ3) is 2.76. The summed E-state index contributed by atoms with van der Waals surface area (Å²) in [5.74, 6) is 0.506. The Balaban J connectivity index is 2.52. The monoisotopic (exact) mass is 255 g/mol. The van der Waals surface area contributed by atoms with Crippen LogP contribution in [0, 0.1) is 13.8 Å². The number of ketones is 1. The second kappa shape index (κ2) is 5.14. The maximum Gasteiger partial charge on any atom is 0.196 e. The molecule has 2 N–H and O–H groups in total. The lowest BCUT2D eigenvalue weighted by Crippen LogP contribution is -2.05. The van der Waals surface area contributed by atoms with Crippen LogP contribution in [-0.4, -0.2) is 12.9 Å². The van der Waals surface area contributed by atoms with Gasteiger partial charge in [0.25, 0.3) is 0 Å². The van der Waals surface area contributed by atoms with Gasteiger partial charge in [0, 0.05) is 11.3 Å². The van der Waals surface area contributed by atoms with E-state index in [9.17, 15) is 4.79 Å². The van der Waals surface area contributed by atoms with E-state index in [1.165, 1.54) is 0 Å². The summed E-state index contributed by atoms with van der Waals surface area (Å²) in [6, 6.07) is 10.9. The van der Waals surface area contributed by atoms with E-state index in [1.54, 1.807) is 13.2 Å². The Hall–Kier alpha value is -2.29. The number of hydrogen-bond donors (Lipinski definition) is 1. The molecule has 0 unspecified atom stereocenters. The van der Waals surface area contributed by atoms with E-state index in [0.717, 1.165) is 11.1 Å². The molecule has 2 rings (SSSR count). The molecule has 0 aliphatic heterocycles. The zero-order valence-electron chi connectivity index (χ0n) is 11.4. The van der Waals surface area contributed by atoms with Gasteiger partial charge in [-0.2, -0.15) is 0 Å². The first-order chi connectivity index (χ1) is 9.01. The first-order valence-electron chi connectivity index (χ1n) is 6.08. The molecule has 0 heterocycles. The van der Waals surface area contributed by atoms with E-state index in [1.807, 2.05) is 44.2 Å². The number of benzene rings is 2. The number of methoxy groups -OCH3 is 1. The summed E-state index contributed by atoms with van der Waals surface area (Å²) in [5.41, 5.74) is 9.52. The van der Waals surface area contributed by atoms with Crippen molar-refractivity contribution in [3.05, 3.63) is 58.7 Å². The smallest absolute Gasteiger partial charge is 0.196 e. The van der Waals surface area contributed by atoms with Gasteiger partial charge in [-0.3, -0.25) is 4.79 Å². The molecule has 0 aliphatic carbocycles. The number of carbonyl (C=O) groups is 1. The van der Waals surface area contributed by atoms with Gasteiger partial charge in [0.1, 0.15) is 5.75 Å². The second-order valence-corrected chi connectivity index (χ2v) is 4.67. The molecule has 0 saturated heterocycles. The number of ether oxygens (including phenoxy) is 1. The molecule has 0 atom stereocenters.